The van der Waals surface area contributed by atoms with Gasteiger partial charge in [0.2, 0.25) is 0 Å². The van der Waals surface area contributed by atoms with Gasteiger partial charge in [-0.2, -0.15) is 0 Å². The smallest absolute Gasteiger partial charge is 0.0166 e. The molecular formula is C19H37N. The molecule has 0 amide bonds. The topological polar surface area (TPSA) is 3.24 Å². The van der Waals surface area contributed by atoms with Crippen LogP contribution in [0.15, 0.2) is 24.3 Å². The van der Waals surface area contributed by atoms with Gasteiger partial charge < -0.3 is 0 Å². The van der Waals surface area contributed by atoms with Gasteiger partial charge in [0, 0.05) is 13.1 Å². The third-order valence-corrected chi connectivity index (χ3v) is 3.55. The minimum atomic E-state index is 1.11. The van der Waals surface area contributed by atoms with E-state index in [1.54, 1.807) is 0 Å². The summed E-state index contributed by atoms with van der Waals surface area (Å²) in [5.74, 6) is 0. The lowest BCUT2D eigenvalue weighted by Gasteiger charge is -2.17. The third kappa shape index (κ3) is 13.9. The zero-order valence-corrected chi connectivity index (χ0v) is 14.2. The van der Waals surface area contributed by atoms with Crippen molar-refractivity contribution in [2.45, 2.75) is 78.6 Å². The molecule has 1 heteroatoms. The van der Waals surface area contributed by atoms with E-state index in [0.717, 1.165) is 13.1 Å². The molecule has 0 aliphatic rings. The number of unbranched alkanes of at least 4 members (excludes halogenated alkanes) is 6. The molecule has 0 saturated carbocycles. The Kier molecular flexibility index (Phi) is 16.0. The number of nitrogens with zero attached hydrogens (tertiary/aromatic N) is 1. The minimum Gasteiger partial charge on any atom is -0.296 e. The van der Waals surface area contributed by atoms with Crippen molar-refractivity contribution in [3.8, 4) is 0 Å². The van der Waals surface area contributed by atoms with Crippen molar-refractivity contribution in [1.29, 1.82) is 0 Å². The summed E-state index contributed by atoms with van der Waals surface area (Å²) in [6.45, 7) is 10.2. The second-order valence-corrected chi connectivity index (χ2v) is 5.69. The highest BCUT2D eigenvalue weighted by Crippen LogP contribution is 2.02. The van der Waals surface area contributed by atoms with Gasteiger partial charge >= 0.3 is 0 Å². The van der Waals surface area contributed by atoms with E-state index in [1.165, 1.54) is 64.3 Å². The van der Waals surface area contributed by atoms with Crippen molar-refractivity contribution < 1.29 is 0 Å². The quantitative estimate of drug-likeness (QED) is 0.279. The van der Waals surface area contributed by atoms with Crippen molar-refractivity contribution in [2.75, 3.05) is 19.6 Å². The van der Waals surface area contributed by atoms with E-state index < -0.39 is 0 Å². The van der Waals surface area contributed by atoms with Crippen molar-refractivity contribution in [3.63, 3.8) is 0 Å². The summed E-state index contributed by atoms with van der Waals surface area (Å²) in [4.78, 5) is 2.53. The molecule has 0 heterocycles. The van der Waals surface area contributed by atoms with E-state index in [9.17, 15) is 0 Å². The van der Waals surface area contributed by atoms with Crippen LogP contribution in [0.5, 0.6) is 0 Å². The van der Waals surface area contributed by atoms with E-state index in [1.807, 2.05) is 0 Å². The van der Waals surface area contributed by atoms with Crippen molar-refractivity contribution in [2.24, 2.45) is 0 Å². The molecule has 0 bridgehead atoms. The molecule has 0 rings (SSSR count). The lowest BCUT2D eigenvalue weighted by Crippen LogP contribution is -2.24. The van der Waals surface area contributed by atoms with Crippen LogP contribution in [0, 0.1) is 0 Å². The SMILES string of the molecule is CCCCC/C=C/CN(C/C=C/CCCCC)CCC. The van der Waals surface area contributed by atoms with Crippen LogP contribution < -0.4 is 0 Å². The molecule has 0 aromatic rings. The van der Waals surface area contributed by atoms with E-state index >= 15 is 0 Å². The van der Waals surface area contributed by atoms with E-state index in [-0.39, 0.29) is 0 Å². The van der Waals surface area contributed by atoms with Crippen LogP contribution in [0.1, 0.15) is 78.6 Å². The average molecular weight is 280 g/mol. The molecule has 1 nitrogen and oxygen atoms in total. The summed E-state index contributed by atoms with van der Waals surface area (Å²) in [6, 6.07) is 0. The first-order chi connectivity index (χ1) is 9.85. The predicted octanol–water partition coefficient (Wildman–Crippen LogP) is 5.97. The lowest BCUT2D eigenvalue weighted by molar-refractivity contribution is 0.335. The highest BCUT2D eigenvalue weighted by atomic mass is 15.1. The molecule has 0 radical (unpaired) electrons. The molecule has 0 fully saturated rings. The molecule has 0 saturated heterocycles. The van der Waals surface area contributed by atoms with Crippen LogP contribution in [-0.2, 0) is 0 Å². The minimum absolute atomic E-state index is 1.11. The highest BCUT2D eigenvalue weighted by molar-refractivity contribution is 4.89. The molecular weight excluding hydrogens is 242 g/mol. The normalized spacial score (nSPS) is 12.2. The van der Waals surface area contributed by atoms with Crippen LogP contribution in [0.2, 0.25) is 0 Å². The molecule has 20 heavy (non-hydrogen) atoms. The van der Waals surface area contributed by atoms with Gasteiger partial charge in [0.05, 0.1) is 0 Å². The van der Waals surface area contributed by atoms with Gasteiger partial charge in [-0.3, -0.25) is 4.90 Å². The number of rotatable bonds is 14. The Labute approximate surface area is 128 Å². The van der Waals surface area contributed by atoms with Crippen LogP contribution in [0.25, 0.3) is 0 Å². The molecule has 0 atom stereocenters. The third-order valence-electron chi connectivity index (χ3n) is 3.55. The summed E-state index contributed by atoms with van der Waals surface area (Å²) in [5, 5.41) is 0. The summed E-state index contributed by atoms with van der Waals surface area (Å²) in [7, 11) is 0. The van der Waals surface area contributed by atoms with Crippen LogP contribution in [0.4, 0.5) is 0 Å². The van der Waals surface area contributed by atoms with Crippen LogP contribution in [-0.4, -0.2) is 24.5 Å². The maximum Gasteiger partial charge on any atom is 0.0166 e. The summed E-state index contributed by atoms with van der Waals surface area (Å²) in [6.07, 6.45) is 21.2. The zero-order valence-electron chi connectivity index (χ0n) is 14.2. The molecule has 118 valence electrons. The number of allylic oxidation sites excluding steroid dienone is 2. The Hall–Kier alpha value is -0.560. The van der Waals surface area contributed by atoms with Crippen molar-refractivity contribution >= 4 is 0 Å². The Morgan fingerprint density at radius 3 is 1.50 bits per heavy atom. The van der Waals surface area contributed by atoms with Gasteiger partial charge in [-0.05, 0) is 38.6 Å². The molecule has 0 spiro atoms. The molecule has 0 aliphatic heterocycles. The molecule has 0 aliphatic carbocycles. The average Bonchev–Trinajstić information content (AvgIpc) is 2.46. The maximum atomic E-state index is 2.53. The molecule has 0 aromatic carbocycles. The summed E-state index contributed by atoms with van der Waals surface area (Å²) in [5.41, 5.74) is 0. The standard InChI is InChI=1S/C19H37N/c1-4-7-9-11-13-15-18-20(17-6-3)19-16-14-12-10-8-5-2/h13-16H,4-12,17-19H2,1-3H3/b15-13+,16-14+. The number of hydrogen-bond donors (Lipinski definition) is 0. The molecule has 0 N–H and O–H groups in total. The lowest BCUT2D eigenvalue weighted by atomic mass is 10.2. The summed E-state index contributed by atoms with van der Waals surface area (Å²) < 4.78 is 0. The summed E-state index contributed by atoms with van der Waals surface area (Å²) >= 11 is 0. The Balaban J connectivity index is 3.74. The zero-order chi connectivity index (χ0) is 14.9. The van der Waals surface area contributed by atoms with Gasteiger partial charge in [0.1, 0.15) is 0 Å². The first kappa shape index (κ1) is 19.4. The Morgan fingerprint density at radius 1 is 0.600 bits per heavy atom. The van der Waals surface area contributed by atoms with Crippen molar-refractivity contribution in [3.05, 3.63) is 24.3 Å². The van der Waals surface area contributed by atoms with Crippen molar-refractivity contribution in [1.82, 2.24) is 4.90 Å². The van der Waals surface area contributed by atoms with Gasteiger partial charge in [0.25, 0.3) is 0 Å². The van der Waals surface area contributed by atoms with Gasteiger partial charge in [-0.25, -0.2) is 0 Å². The monoisotopic (exact) mass is 279 g/mol. The van der Waals surface area contributed by atoms with E-state index in [0.29, 0.717) is 0 Å². The fourth-order valence-corrected chi connectivity index (χ4v) is 2.28. The van der Waals surface area contributed by atoms with Gasteiger partial charge in [-0.15, -0.1) is 0 Å². The highest BCUT2D eigenvalue weighted by Gasteiger charge is 1.97. The Morgan fingerprint density at radius 2 is 1.10 bits per heavy atom. The van der Waals surface area contributed by atoms with Crippen LogP contribution >= 0.6 is 0 Å². The largest absolute Gasteiger partial charge is 0.296 e. The molecule has 0 aromatic heterocycles. The first-order valence-electron chi connectivity index (χ1n) is 8.87. The van der Waals surface area contributed by atoms with Gasteiger partial charge in [-0.1, -0.05) is 70.8 Å². The fourth-order valence-electron chi connectivity index (χ4n) is 2.28. The van der Waals surface area contributed by atoms with E-state index in [2.05, 4.69) is 50.0 Å². The van der Waals surface area contributed by atoms with Gasteiger partial charge in [0.15, 0.2) is 0 Å². The molecule has 0 unspecified atom stereocenters. The Bertz CT molecular complexity index is 208. The number of hydrogen-bond acceptors (Lipinski definition) is 1. The van der Waals surface area contributed by atoms with E-state index in [4.69, 9.17) is 0 Å². The maximum absolute atomic E-state index is 2.53. The predicted molar refractivity (Wildman–Crippen MR) is 93.3 cm³/mol. The first-order valence-corrected chi connectivity index (χ1v) is 8.87. The van der Waals surface area contributed by atoms with Crippen LogP contribution in [0.3, 0.4) is 0 Å². The second kappa shape index (κ2) is 16.5. The second-order valence-electron chi connectivity index (χ2n) is 5.69. The fraction of sp³-hybridized carbons (Fsp3) is 0.789.